The van der Waals surface area contributed by atoms with E-state index in [1.165, 1.54) is 0 Å². The Balaban J connectivity index is 2.98. The van der Waals surface area contributed by atoms with Crippen molar-refractivity contribution in [2.24, 2.45) is 0 Å². The fraction of sp³-hybridized carbons (Fsp3) is 0.500. The number of hydrogen-bond donors (Lipinski definition) is 2. The van der Waals surface area contributed by atoms with Crippen LogP contribution in [-0.4, -0.2) is 33.6 Å². The van der Waals surface area contributed by atoms with Crippen LogP contribution < -0.4 is 19.5 Å². The molecular weight excluding hydrogens is 238 g/mol. The molecule has 1 aromatic rings. The third-order valence-corrected chi connectivity index (χ3v) is 2.67. The van der Waals surface area contributed by atoms with E-state index < -0.39 is 0 Å². The molecule has 1 aromatic carbocycles. The van der Waals surface area contributed by atoms with Crippen molar-refractivity contribution in [3.63, 3.8) is 0 Å². The first-order valence-corrected chi connectivity index (χ1v) is 6.04. The summed E-state index contributed by atoms with van der Waals surface area (Å²) in [4.78, 5) is 0. The predicted octanol–water partition coefficient (Wildman–Crippen LogP) is 2.44. The lowest BCUT2D eigenvalue weighted by molar-refractivity contribution is 0.377. The Morgan fingerprint density at radius 3 is 2.06 bits per heavy atom. The largest absolute Gasteiger partial charge is 0.496 e. The second-order valence-corrected chi connectivity index (χ2v) is 3.86. The maximum absolute atomic E-state index is 5.32. The summed E-state index contributed by atoms with van der Waals surface area (Å²) in [5.74, 6) is 2.97. The number of benzene rings is 1. The zero-order valence-corrected chi connectivity index (χ0v) is 11.3. The molecule has 0 aromatic heterocycles. The summed E-state index contributed by atoms with van der Waals surface area (Å²) in [7, 11) is 4.86. The van der Waals surface area contributed by atoms with Gasteiger partial charge in [-0.05, 0) is 12.2 Å². The predicted molar refractivity (Wildman–Crippen MR) is 73.1 cm³/mol. The van der Waals surface area contributed by atoms with E-state index in [0.717, 1.165) is 24.4 Å². The van der Waals surface area contributed by atoms with Gasteiger partial charge in [-0.25, -0.2) is 0 Å². The van der Waals surface area contributed by atoms with Crippen LogP contribution in [0.2, 0.25) is 0 Å². The first-order valence-electron chi connectivity index (χ1n) is 5.41. The standard InChI is InChI=1S/C12H19NO3S/c1-14-9-7-10(15-2)12(11(8-9)16-3)13-5-4-6-17/h7-8,13,17H,4-6H2,1-3H3. The molecule has 0 fully saturated rings. The number of hydrogen-bond acceptors (Lipinski definition) is 5. The number of nitrogens with one attached hydrogen (secondary N) is 1. The van der Waals surface area contributed by atoms with Crippen molar-refractivity contribution in [2.45, 2.75) is 6.42 Å². The molecule has 0 radical (unpaired) electrons. The van der Waals surface area contributed by atoms with Gasteiger partial charge in [0, 0.05) is 18.7 Å². The lowest BCUT2D eigenvalue weighted by atomic mass is 10.2. The number of anilines is 1. The van der Waals surface area contributed by atoms with Gasteiger partial charge in [0.2, 0.25) is 0 Å². The lowest BCUT2D eigenvalue weighted by Gasteiger charge is -2.16. The Kier molecular flexibility index (Phi) is 5.83. The fourth-order valence-electron chi connectivity index (χ4n) is 1.47. The van der Waals surface area contributed by atoms with Crippen LogP contribution in [-0.2, 0) is 0 Å². The molecule has 5 heteroatoms. The Morgan fingerprint density at radius 2 is 1.65 bits per heavy atom. The maximum atomic E-state index is 5.32. The Morgan fingerprint density at radius 1 is 1.06 bits per heavy atom. The fourth-order valence-corrected chi connectivity index (χ4v) is 1.63. The highest BCUT2D eigenvalue weighted by atomic mass is 32.1. The molecule has 0 aliphatic heterocycles. The molecule has 17 heavy (non-hydrogen) atoms. The molecule has 1 rings (SSSR count). The number of thiol groups is 1. The molecule has 0 heterocycles. The van der Waals surface area contributed by atoms with Crippen molar-refractivity contribution in [1.82, 2.24) is 0 Å². The number of methoxy groups -OCH3 is 3. The zero-order valence-electron chi connectivity index (χ0n) is 10.4. The molecule has 0 saturated carbocycles. The van der Waals surface area contributed by atoms with Crippen molar-refractivity contribution in [1.29, 1.82) is 0 Å². The van der Waals surface area contributed by atoms with Gasteiger partial charge in [0.05, 0.1) is 21.3 Å². The molecule has 1 N–H and O–H groups in total. The van der Waals surface area contributed by atoms with Crippen LogP contribution in [0.4, 0.5) is 5.69 Å². The van der Waals surface area contributed by atoms with E-state index in [2.05, 4.69) is 17.9 Å². The van der Waals surface area contributed by atoms with E-state index in [0.29, 0.717) is 17.2 Å². The smallest absolute Gasteiger partial charge is 0.149 e. The van der Waals surface area contributed by atoms with E-state index >= 15 is 0 Å². The number of ether oxygens (including phenoxy) is 3. The summed E-state index contributed by atoms with van der Waals surface area (Å²) in [5.41, 5.74) is 0.845. The van der Waals surface area contributed by atoms with Gasteiger partial charge < -0.3 is 19.5 Å². The van der Waals surface area contributed by atoms with Crippen LogP contribution in [0.25, 0.3) is 0 Å². The topological polar surface area (TPSA) is 39.7 Å². The van der Waals surface area contributed by atoms with Gasteiger partial charge in [-0.1, -0.05) is 0 Å². The zero-order chi connectivity index (χ0) is 12.7. The summed E-state index contributed by atoms with van der Waals surface area (Å²) in [6.07, 6.45) is 0.974. The van der Waals surface area contributed by atoms with Gasteiger partial charge in [-0.3, -0.25) is 0 Å². The minimum Gasteiger partial charge on any atom is -0.496 e. The SMILES string of the molecule is COc1cc(OC)c(NCCCS)c(OC)c1. The van der Waals surface area contributed by atoms with Gasteiger partial charge in [0.25, 0.3) is 0 Å². The van der Waals surface area contributed by atoms with E-state index in [9.17, 15) is 0 Å². The highest BCUT2D eigenvalue weighted by molar-refractivity contribution is 7.80. The third-order valence-electron chi connectivity index (χ3n) is 2.35. The lowest BCUT2D eigenvalue weighted by Crippen LogP contribution is -2.05. The summed E-state index contributed by atoms with van der Waals surface area (Å²) >= 11 is 4.17. The van der Waals surface area contributed by atoms with E-state index in [-0.39, 0.29) is 0 Å². The van der Waals surface area contributed by atoms with E-state index in [1.54, 1.807) is 21.3 Å². The molecule has 0 aliphatic rings. The molecule has 96 valence electrons. The van der Waals surface area contributed by atoms with Crippen LogP contribution >= 0.6 is 12.6 Å². The Hall–Kier alpha value is -1.23. The van der Waals surface area contributed by atoms with Crippen molar-refractivity contribution >= 4 is 18.3 Å². The van der Waals surface area contributed by atoms with Crippen LogP contribution in [0, 0.1) is 0 Å². The minimum atomic E-state index is 0.707. The highest BCUT2D eigenvalue weighted by Crippen LogP contribution is 2.38. The average Bonchev–Trinajstić information content (AvgIpc) is 2.38. The summed E-state index contributed by atoms with van der Waals surface area (Å²) in [5, 5.41) is 3.28. The molecular formula is C12H19NO3S. The quantitative estimate of drug-likeness (QED) is 0.581. The summed E-state index contributed by atoms with van der Waals surface area (Å²) in [6.45, 7) is 0.822. The summed E-state index contributed by atoms with van der Waals surface area (Å²) < 4.78 is 15.8. The monoisotopic (exact) mass is 257 g/mol. The van der Waals surface area contributed by atoms with Gasteiger partial charge in [-0.2, -0.15) is 12.6 Å². The van der Waals surface area contributed by atoms with E-state index in [4.69, 9.17) is 14.2 Å². The second-order valence-electron chi connectivity index (χ2n) is 3.41. The van der Waals surface area contributed by atoms with Crippen LogP contribution in [0.15, 0.2) is 12.1 Å². The molecule has 0 bridgehead atoms. The molecule has 0 spiro atoms. The average molecular weight is 257 g/mol. The highest BCUT2D eigenvalue weighted by Gasteiger charge is 2.12. The van der Waals surface area contributed by atoms with Crippen molar-refractivity contribution in [2.75, 3.05) is 38.9 Å². The molecule has 0 unspecified atom stereocenters. The van der Waals surface area contributed by atoms with Crippen molar-refractivity contribution < 1.29 is 14.2 Å². The van der Waals surface area contributed by atoms with Gasteiger partial charge in [0.1, 0.15) is 22.9 Å². The minimum absolute atomic E-state index is 0.707. The van der Waals surface area contributed by atoms with Gasteiger partial charge in [0.15, 0.2) is 0 Å². The van der Waals surface area contributed by atoms with Crippen molar-refractivity contribution in [3.8, 4) is 17.2 Å². The molecule has 0 atom stereocenters. The molecule has 0 saturated heterocycles. The van der Waals surface area contributed by atoms with Gasteiger partial charge >= 0.3 is 0 Å². The second kappa shape index (κ2) is 7.17. The summed E-state index contributed by atoms with van der Waals surface area (Å²) in [6, 6.07) is 3.65. The van der Waals surface area contributed by atoms with Gasteiger partial charge in [-0.15, -0.1) is 0 Å². The van der Waals surface area contributed by atoms with Crippen molar-refractivity contribution in [3.05, 3.63) is 12.1 Å². The maximum Gasteiger partial charge on any atom is 0.149 e. The van der Waals surface area contributed by atoms with E-state index in [1.807, 2.05) is 12.1 Å². The molecule has 0 aliphatic carbocycles. The molecule has 0 amide bonds. The number of rotatable bonds is 7. The normalized spacial score (nSPS) is 9.88. The van der Waals surface area contributed by atoms with Crippen LogP contribution in [0.5, 0.6) is 17.2 Å². The Labute approximate surface area is 108 Å². The first-order chi connectivity index (χ1) is 8.26. The molecule has 4 nitrogen and oxygen atoms in total. The first kappa shape index (κ1) is 13.8. The van der Waals surface area contributed by atoms with Crippen LogP contribution in [0.1, 0.15) is 6.42 Å². The third kappa shape index (κ3) is 3.63. The van der Waals surface area contributed by atoms with Crippen LogP contribution in [0.3, 0.4) is 0 Å². The Bertz CT molecular complexity index is 333.